The van der Waals surface area contributed by atoms with Crippen LogP contribution in [-0.4, -0.2) is 28.6 Å². The molecule has 2 aromatic heterocycles. The summed E-state index contributed by atoms with van der Waals surface area (Å²) >= 11 is 1.44. The summed E-state index contributed by atoms with van der Waals surface area (Å²) in [4.78, 5) is 39.8. The Morgan fingerprint density at radius 2 is 1.97 bits per heavy atom. The molecule has 1 aromatic carbocycles. The van der Waals surface area contributed by atoms with Gasteiger partial charge < -0.3 is 20.1 Å². The number of aromatic carboxylic acids is 1. The van der Waals surface area contributed by atoms with E-state index < -0.39 is 5.97 Å². The number of benzene rings is 1. The van der Waals surface area contributed by atoms with Crippen LogP contribution in [0.1, 0.15) is 60.1 Å². The fourth-order valence-corrected chi connectivity index (χ4v) is 4.58. The molecule has 1 unspecified atom stereocenters. The summed E-state index contributed by atoms with van der Waals surface area (Å²) in [5, 5.41) is 12.1. The maximum absolute atomic E-state index is 13.3. The molecule has 1 amide bonds. The standard InChI is InChI=1S/C24H20N2O5S/c1-14(16-4-6-17(7-5-16)24(29)30)26-23(28)22-18-10-11-31-13-20(18)32-19(22)8-2-15-3-9-21(27)25-12-15/h3-7,9,12,14H,10-11,13H2,1H3,(H,25,27)(H,26,28)(H,29,30). The largest absolute Gasteiger partial charge is 0.478 e. The second kappa shape index (κ2) is 9.22. The van der Waals surface area contributed by atoms with Gasteiger partial charge in [-0.05, 0) is 48.6 Å². The van der Waals surface area contributed by atoms with E-state index in [0.717, 1.165) is 16.0 Å². The summed E-state index contributed by atoms with van der Waals surface area (Å²) < 4.78 is 5.54. The Kier molecular flexibility index (Phi) is 6.21. The van der Waals surface area contributed by atoms with Crippen molar-refractivity contribution in [2.75, 3.05) is 6.61 Å². The van der Waals surface area contributed by atoms with Gasteiger partial charge in [-0.1, -0.05) is 18.1 Å². The zero-order valence-electron chi connectivity index (χ0n) is 17.2. The van der Waals surface area contributed by atoms with E-state index in [4.69, 9.17) is 9.84 Å². The van der Waals surface area contributed by atoms with E-state index in [1.165, 1.54) is 35.7 Å². The van der Waals surface area contributed by atoms with Gasteiger partial charge in [-0.15, -0.1) is 11.3 Å². The van der Waals surface area contributed by atoms with Crippen molar-refractivity contribution >= 4 is 23.2 Å². The number of carboxylic acids is 1. The lowest BCUT2D eigenvalue weighted by atomic mass is 10.0. The van der Waals surface area contributed by atoms with Crippen molar-refractivity contribution in [3.63, 3.8) is 0 Å². The SMILES string of the molecule is CC(NC(=O)c1c(C#Cc2ccc(=O)[nH]c2)sc2c1CCOC2)c1ccc(C(=O)O)cc1. The Morgan fingerprint density at radius 1 is 1.19 bits per heavy atom. The zero-order chi connectivity index (χ0) is 22.7. The second-order valence-electron chi connectivity index (χ2n) is 7.32. The van der Waals surface area contributed by atoms with Gasteiger partial charge in [0.15, 0.2) is 0 Å². The van der Waals surface area contributed by atoms with Gasteiger partial charge >= 0.3 is 5.97 Å². The predicted octanol–water partition coefficient (Wildman–Crippen LogP) is 3.10. The highest BCUT2D eigenvalue weighted by Gasteiger charge is 2.26. The first kappa shape index (κ1) is 21.6. The molecule has 3 aromatic rings. The lowest BCUT2D eigenvalue weighted by molar-refractivity contribution is 0.0696. The van der Waals surface area contributed by atoms with E-state index >= 15 is 0 Å². The van der Waals surface area contributed by atoms with Gasteiger partial charge in [0.1, 0.15) is 0 Å². The van der Waals surface area contributed by atoms with Crippen LogP contribution in [0.4, 0.5) is 0 Å². The van der Waals surface area contributed by atoms with Gasteiger partial charge in [0.05, 0.1) is 35.3 Å². The van der Waals surface area contributed by atoms with Gasteiger partial charge in [-0.2, -0.15) is 0 Å². The predicted molar refractivity (Wildman–Crippen MR) is 120 cm³/mol. The smallest absolute Gasteiger partial charge is 0.335 e. The molecule has 1 atom stereocenters. The topological polar surface area (TPSA) is 108 Å². The van der Waals surface area contributed by atoms with E-state index in [2.05, 4.69) is 22.1 Å². The number of pyridine rings is 1. The van der Waals surface area contributed by atoms with Crippen molar-refractivity contribution in [1.29, 1.82) is 0 Å². The highest BCUT2D eigenvalue weighted by Crippen LogP contribution is 2.32. The molecule has 7 nitrogen and oxygen atoms in total. The van der Waals surface area contributed by atoms with E-state index in [-0.39, 0.29) is 23.1 Å². The molecule has 0 saturated heterocycles. The van der Waals surface area contributed by atoms with Crippen LogP contribution >= 0.6 is 11.3 Å². The summed E-state index contributed by atoms with van der Waals surface area (Å²) in [6.07, 6.45) is 2.17. The van der Waals surface area contributed by atoms with Crippen molar-refractivity contribution < 1.29 is 19.4 Å². The molecule has 8 heteroatoms. The minimum Gasteiger partial charge on any atom is -0.478 e. The lowest BCUT2D eigenvalue weighted by Crippen LogP contribution is -2.28. The number of aromatic nitrogens is 1. The van der Waals surface area contributed by atoms with Crippen molar-refractivity contribution in [1.82, 2.24) is 10.3 Å². The number of hydrogen-bond acceptors (Lipinski definition) is 5. The molecule has 0 radical (unpaired) electrons. The van der Waals surface area contributed by atoms with Crippen LogP contribution in [0.25, 0.3) is 0 Å². The first-order chi connectivity index (χ1) is 15.4. The third kappa shape index (κ3) is 4.64. The first-order valence-electron chi connectivity index (χ1n) is 9.99. The minimum atomic E-state index is -0.994. The minimum absolute atomic E-state index is 0.194. The molecule has 1 aliphatic heterocycles. The number of carboxylic acid groups (broad SMARTS) is 1. The van der Waals surface area contributed by atoms with Crippen LogP contribution < -0.4 is 10.9 Å². The van der Waals surface area contributed by atoms with Crippen LogP contribution in [0.2, 0.25) is 0 Å². The van der Waals surface area contributed by atoms with E-state index in [0.29, 0.717) is 35.6 Å². The van der Waals surface area contributed by atoms with Crippen LogP contribution in [-0.2, 0) is 17.8 Å². The number of hydrogen-bond donors (Lipinski definition) is 3. The number of H-pyrrole nitrogens is 1. The van der Waals surface area contributed by atoms with Crippen molar-refractivity contribution in [3.8, 4) is 11.8 Å². The molecule has 3 N–H and O–H groups in total. The summed E-state index contributed by atoms with van der Waals surface area (Å²) in [6, 6.07) is 9.15. The molecule has 162 valence electrons. The molecule has 0 spiro atoms. The third-order valence-electron chi connectivity index (χ3n) is 5.16. The Hall–Kier alpha value is -3.67. The van der Waals surface area contributed by atoms with Gasteiger partial charge in [0, 0.05) is 22.7 Å². The van der Waals surface area contributed by atoms with E-state index in [1.54, 1.807) is 18.2 Å². The maximum Gasteiger partial charge on any atom is 0.335 e. The monoisotopic (exact) mass is 448 g/mol. The molecular formula is C24H20N2O5S. The number of thiophene rings is 1. The van der Waals surface area contributed by atoms with Crippen molar-refractivity contribution in [2.24, 2.45) is 0 Å². The van der Waals surface area contributed by atoms with Crippen LogP contribution in [0.15, 0.2) is 47.4 Å². The van der Waals surface area contributed by atoms with Crippen molar-refractivity contribution in [3.05, 3.63) is 90.5 Å². The summed E-state index contributed by atoms with van der Waals surface area (Å²) in [5.74, 6) is 4.87. The summed E-state index contributed by atoms with van der Waals surface area (Å²) in [7, 11) is 0. The summed E-state index contributed by atoms with van der Waals surface area (Å²) in [5.41, 5.74) is 2.95. The molecule has 0 aliphatic carbocycles. The lowest BCUT2D eigenvalue weighted by Gasteiger charge is -2.17. The quantitative estimate of drug-likeness (QED) is 0.532. The number of ether oxygens (including phenoxy) is 1. The van der Waals surface area contributed by atoms with Crippen LogP contribution in [0, 0.1) is 11.8 Å². The molecule has 3 heterocycles. The highest BCUT2D eigenvalue weighted by molar-refractivity contribution is 7.13. The Labute approximate surface area is 188 Å². The molecule has 0 saturated carbocycles. The summed E-state index contributed by atoms with van der Waals surface area (Å²) in [6.45, 7) is 2.84. The van der Waals surface area contributed by atoms with Crippen LogP contribution in [0.3, 0.4) is 0 Å². The van der Waals surface area contributed by atoms with Gasteiger partial charge in [-0.3, -0.25) is 9.59 Å². The normalized spacial score (nSPS) is 13.4. The van der Waals surface area contributed by atoms with Gasteiger partial charge in [0.2, 0.25) is 5.56 Å². The zero-order valence-corrected chi connectivity index (χ0v) is 18.0. The average Bonchev–Trinajstić information content (AvgIpc) is 3.17. The Balaban J connectivity index is 1.62. The number of carbonyl (C=O) groups excluding carboxylic acids is 1. The van der Waals surface area contributed by atoms with E-state index in [9.17, 15) is 14.4 Å². The molecule has 32 heavy (non-hydrogen) atoms. The number of rotatable bonds is 4. The number of amides is 1. The Bertz CT molecular complexity index is 1270. The van der Waals surface area contributed by atoms with Crippen molar-refractivity contribution in [2.45, 2.75) is 26.0 Å². The molecule has 0 bridgehead atoms. The number of nitrogens with one attached hydrogen (secondary N) is 2. The molecular weight excluding hydrogens is 428 g/mol. The molecule has 0 fully saturated rings. The van der Waals surface area contributed by atoms with E-state index in [1.807, 2.05) is 6.92 Å². The molecule has 4 rings (SSSR count). The fraction of sp³-hybridized carbons (Fsp3) is 0.208. The van der Waals surface area contributed by atoms with Gasteiger partial charge in [-0.25, -0.2) is 4.79 Å². The van der Waals surface area contributed by atoms with Gasteiger partial charge in [0.25, 0.3) is 5.91 Å². The number of fused-ring (bicyclic) bond motifs is 1. The average molecular weight is 449 g/mol. The highest BCUT2D eigenvalue weighted by atomic mass is 32.1. The fourth-order valence-electron chi connectivity index (χ4n) is 3.44. The third-order valence-corrected chi connectivity index (χ3v) is 6.28. The first-order valence-corrected chi connectivity index (χ1v) is 10.8. The maximum atomic E-state index is 13.3. The van der Waals surface area contributed by atoms with Crippen LogP contribution in [0.5, 0.6) is 0 Å². The molecule has 1 aliphatic rings. The Morgan fingerprint density at radius 3 is 2.66 bits per heavy atom. The number of carbonyl (C=O) groups is 2. The number of aromatic amines is 1. The second-order valence-corrected chi connectivity index (χ2v) is 8.43.